The van der Waals surface area contributed by atoms with E-state index in [1.807, 2.05) is 31.9 Å². The Kier molecular flexibility index (Phi) is 6.81. The summed E-state index contributed by atoms with van der Waals surface area (Å²) in [6, 6.07) is 4.77. The van der Waals surface area contributed by atoms with Crippen molar-refractivity contribution in [3.63, 3.8) is 0 Å². The molecule has 6 heteroatoms. The number of hydrogen-bond donors (Lipinski definition) is 0. The van der Waals surface area contributed by atoms with E-state index in [4.69, 9.17) is 9.72 Å². The Morgan fingerprint density at radius 2 is 1.93 bits per heavy atom. The summed E-state index contributed by atoms with van der Waals surface area (Å²) in [6.07, 6.45) is 6.64. The van der Waals surface area contributed by atoms with Crippen LogP contribution in [-0.4, -0.2) is 65.7 Å². The van der Waals surface area contributed by atoms with E-state index in [0.717, 1.165) is 25.5 Å². The fraction of sp³-hybridized carbons (Fsp3) is 0.727. The van der Waals surface area contributed by atoms with Crippen molar-refractivity contribution in [1.82, 2.24) is 14.8 Å². The number of carbonyl (C=O) groups is 1. The van der Waals surface area contributed by atoms with Crippen LogP contribution in [-0.2, 0) is 4.74 Å². The molecule has 0 spiro atoms. The topological polar surface area (TPSA) is 48.9 Å². The molecule has 156 valence electrons. The van der Waals surface area contributed by atoms with Crippen LogP contribution in [0.25, 0.3) is 0 Å². The highest BCUT2D eigenvalue weighted by Gasteiger charge is 2.30. The van der Waals surface area contributed by atoms with Crippen LogP contribution in [0, 0.1) is 0 Å². The second-order valence-electron chi connectivity index (χ2n) is 8.92. The van der Waals surface area contributed by atoms with Gasteiger partial charge in [-0.15, -0.1) is 0 Å². The third-order valence-corrected chi connectivity index (χ3v) is 5.53. The number of piperidine rings is 1. The number of likely N-dealkylation sites (tertiary alicyclic amines) is 1. The molecule has 1 aromatic rings. The molecule has 1 aromatic heterocycles. The predicted octanol–water partition coefficient (Wildman–Crippen LogP) is 4.08. The van der Waals surface area contributed by atoms with Crippen LogP contribution in [0.5, 0.6) is 0 Å². The molecule has 0 saturated carbocycles. The van der Waals surface area contributed by atoms with E-state index >= 15 is 0 Å². The molecule has 0 unspecified atom stereocenters. The Balaban J connectivity index is 1.69. The summed E-state index contributed by atoms with van der Waals surface area (Å²) in [5.74, 6) is 1.10. The Morgan fingerprint density at radius 1 is 1.18 bits per heavy atom. The first-order valence-electron chi connectivity index (χ1n) is 10.8. The van der Waals surface area contributed by atoms with Crippen LogP contribution < -0.4 is 4.90 Å². The molecule has 1 amide bonds. The van der Waals surface area contributed by atoms with Crippen LogP contribution in [0.1, 0.15) is 65.0 Å². The summed E-state index contributed by atoms with van der Waals surface area (Å²) in [7, 11) is 0. The van der Waals surface area contributed by atoms with Crippen LogP contribution in [0.15, 0.2) is 18.3 Å². The van der Waals surface area contributed by atoms with Crippen molar-refractivity contribution in [3.8, 4) is 0 Å². The second kappa shape index (κ2) is 9.12. The van der Waals surface area contributed by atoms with E-state index in [2.05, 4.69) is 28.9 Å². The minimum Gasteiger partial charge on any atom is -0.444 e. The van der Waals surface area contributed by atoms with E-state index in [9.17, 15) is 4.79 Å². The van der Waals surface area contributed by atoms with Crippen molar-refractivity contribution in [3.05, 3.63) is 23.9 Å². The number of hydrogen-bond acceptors (Lipinski definition) is 5. The monoisotopic (exact) mass is 388 g/mol. The largest absolute Gasteiger partial charge is 0.444 e. The first-order chi connectivity index (χ1) is 13.4. The number of nitrogens with zero attached hydrogens (tertiary/aromatic N) is 4. The fourth-order valence-corrected chi connectivity index (χ4v) is 4.26. The average Bonchev–Trinajstić information content (AvgIpc) is 2.68. The van der Waals surface area contributed by atoms with Gasteiger partial charge in [0.2, 0.25) is 0 Å². The smallest absolute Gasteiger partial charge is 0.410 e. The Bertz CT molecular complexity index is 648. The second-order valence-corrected chi connectivity index (χ2v) is 8.92. The number of anilines is 1. The Labute approximate surface area is 169 Å². The molecule has 2 aliphatic rings. The van der Waals surface area contributed by atoms with Crippen LogP contribution in [0.3, 0.4) is 0 Å². The third kappa shape index (κ3) is 5.16. The van der Waals surface area contributed by atoms with Gasteiger partial charge in [0.1, 0.15) is 11.4 Å². The maximum absolute atomic E-state index is 12.3. The molecule has 2 saturated heterocycles. The van der Waals surface area contributed by atoms with Crippen molar-refractivity contribution < 1.29 is 9.53 Å². The molecule has 1 atom stereocenters. The molecule has 28 heavy (non-hydrogen) atoms. The minimum absolute atomic E-state index is 0.213. The van der Waals surface area contributed by atoms with E-state index in [1.165, 1.54) is 37.8 Å². The van der Waals surface area contributed by atoms with Crippen LogP contribution in [0.2, 0.25) is 0 Å². The lowest BCUT2D eigenvalue weighted by Gasteiger charge is -2.40. The zero-order chi connectivity index (χ0) is 20.1. The number of ether oxygens (including phenoxy) is 1. The average molecular weight is 389 g/mol. The lowest BCUT2D eigenvalue weighted by Crippen LogP contribution is -2.50. The van der Waals surface area contributed by atoms with Crippen molar-refractivity contribution in [2.75, 3.05) is 44.2 Å². The highest BCUT2D eigenvalue weighted by atomic mass is 16.6. The molecular formula is C22H36N4O2. The molecule has 0 bridgehead atoms. The molecule has 0 aliphatic carbocycles. The standard InChI is InChI=1S/C22H36N4O2/c1-5-12-24-13-7-6-10-19(24)18-9-8-11-23-20(18)25-14-16-26(17-15-25)21(27)28-22(2,3)4/h8-9,11,19H,5-7,10,12-17H2,1-4H3/t19-/m0/s1. The van der Waals surface area contributed by atoms with Gasteiger partial charge in [0, 0.05) is 44.0 Å². The SMILES string of the molecule is CCCN1CCCC[C@H]1c1cccnc1N1CCN(C(=O)OC(C)(C)C)CC1. The van der Waals surface area contributed by atoms with Crippen LogP contribution in [0.4, 0.5) is 10.6 Å². The molecule has 0 N–H and O–H groups in total. The number of piperazine rings is 1. The minimum atomic E-state index is -0.452. The summed E-state index contributed by atoms with van der Waals surface area (Å²) < 4.78 is 5.52. The number of amides is 1. The molecule has 2 fully saturated rings. The molecule has 2 aliphatic heterocycles. The highest BCUT2D eigenvalue weighted by molar-refractivity contribution is 5.68. The Hall–Kier alpha value is -1.82. The third-order valence-electron chi connectivity index (χ3n) is 5.53. The number of aromatic nitrogens is 1. The van der Waals surface area contributed by atoms with E-state index in [1.54, 1.807) is 0 Å². The number of pyridine rings is 1. The van der Waals surface area contributed by atoms with Gasteiger partial charge >= 0.3 is 6.09 Å². The van der Waals surface area contributed by atoms with E-state index in [-0.39, 0.29) is 6.09 Å². The zero-order valence-corrected chi connectivity index (χ0v) is 18.0. The quantitative estimate of drug-likeness (QED) is 0.778. The van der Waals surface area contributed by atoms with Gasteiger partial charge in [-0.3, -0.25) is 4.90 Å². The maximum Gasteiger partial charge on any atom is 0.410 e. The van der Waals surface area contributed by atoms with Crippen molar-refractivity contribution in [1.29, 1.82) is 0 Å². The molecule has 0 radical (unpaired) electrons. The normalized spacial score (nSPS) is 21.6. The van der Waals surface area contributed by atoms with Gasteiger partial charge in [-0.05, 0) is 59.2 Å². The fourth-order valence-electron chi connectivity index (χ4n) is 4.26. The van der Waals surface area contributed by atoms with Crippen LogP contribution >= 0.6 is 0 Å². The molecule has 0 aromatic carbocycles. The van der Waals surface area contributed by atoms with Crippen molar-refractivity contribution in [2.45, 2.75) is 65.0 Å². The number of carbonyl (C=O) groups excluding carboxylic acids is 1. The molecular weight excluding hydrogens is 352 g/mol. The van der Waals surface area contributed by atoms with Crippen molar-refractivity contribution in [2.24, 2.45) is 0 Å². The lowest BCUT2D eigenvalue weighted by molar-refractivity contribution is 0.0240. The lowest BCUT2D eigenvalue weighted by atomic mass is 9.95. The van der Waals surface area contributed by atoms with Gasteiger partial charge in [-0.1, -0.05) is 19.4 Å². The molecule has 3 rings (SSSR count). The first kappa shape index (κ1) is 20.9. The predicted molar refractivity (Wildman–Crippen MR) is 113 cm³/mol. The van der Waals surface area contributed by atoms with Gasteiger partial charge in [-0.2, -0.15) is 0 Å². The maximum atomic E-state index is 12.3. The summed E-state index contributed by atoms with van der Waals surface area (Å²) in [6.45, 7) is 13.3. The number of rotatable bonds is 4. The summed E-state index contributed by atoms with van der Waals surface area (Å²) in [4.78, 5) is 23.9. The summed E-state index contributed by atoms with van der Waals surface area (Å²) in [5.41, 5.74) is 0.896. The Morgan fingerprint density at radius 3 is 2.61 bits per heavy atom. The summed E-state index contributed by atoms with van der Waals surface area (Å²) >= 11 is 0. The van der Waals surface area contributed by atoms with Gasteiger partial charge < -0.3 is 14.5 Å². The van der Waals surface area contributed by atoms with E-state index < -0.39 is 5.60 Å². The summed E-state index contributed by atoms with van der Waals surface area (Å²) in [5, 5.41) is 0. The zero-order valence-electron chi connectivity index (χ0n) is 18.0. The van der Waals surface area contributed by atoms with Gasteiger partial charge in [0.15, 0.2) is 0 Å². The highest BCUT2D eigenvalue weighted by Crippen LogP contribution is 2.35. The van der Waals surface area contributed by atoms with Gasteiger partial charge in [-0.25, -0.2) is 9.78 Å². The van der Waals surface area contributed by atoms with Crippen molar-refractivity contribution >= 4 is 11.9 Å². The molecule has 6 nitrogen and oxygen atoms in total. The molecule has 3 heterocycles. The first-order valence-corrected chi connectivity index (χ1v) is 10.8. The van der Waals surface area contributed by atoms with Gasteiger partial charge in [0.25, 0.3) is 0 Å². The van der Waals surface area contributed by atoms with E-state index in [0.29, 0.717) is 19.1 Å². The van der Waals surface area contributed by atoms with Gasteiger partial charge in [0.05, 0.1) is 0 Å².